The zero-order valence-corrected chi connectivity index (χ0v) is 21.0. The minimum Gasteiger partial charge on any atom is -0.383 e. The quantitative estimate of drug-likeness (QED) is 0.531. The van der Waals surface area contributed by atoms with Gasteiger partial charge in [0.15, 0.2) is 5.78 Å². The van der Waals surface area contributed by atoms with Crippen molar-refractivity contribution < 1.29 is 9.53 Å². The lowest BCUT2D eigenvalue weighted by Crippen LogP contribution is -2.35. The van der Waals surface area contributed by atoms with E-state index in [0.29, 0.717) is 35.7 Å². The smallest absolute Gasteiger partial charge is 0.220 e. The highest BCUT2D eigenvalue weighted by molar-refractivity contribution is 6.04. The number of methoxy groups -OCH3 is 1. The van der Waals surface area contributed by atoms with Gasteiger partial charge in [-0.05, 0) is 67.6 Å². The first-order valence-corrected chi connectivity index (χ1v) is 12.7. The Hall–Kier alpha value is -3.42. The van der Waals surface area contributed by atoms with Crippen LogP contribution >= 0.6 is 0 Å². The summed E-state index contributed by atoms with van der Waals surface area (Å²) >= 11 is 0. The summed E-state index contributed by atoms with van der Waals surface area (Å²) in [6.07, 6.45) is 7.25. The van der Waals surface area contributed by atoms with Crippen molar-refractivity contribution in [2.75, 3.05) is 39.1 Å². The van der Waals surface area contributed by atoms with E-state index in [1.54, 1.807) is 7.11 Å². The Morgan fingerprint density at radius 3 is 2.53 bits per heavy atom. The number of piperidine rings is 1. The van der Waals surface area contributed by atoms with Gasteiger partial charge < -0.3 is 15.4 Å². The van der Waals surface area contributed by atoms with E-state index in [2.05, 4.69) is 39.1 Å². The molecule has 5 rings (SSSR count). The number of fused-ring (bicyclic) bond motifs is 1. The third-order valence-corrected chi connectivity index (χ3v) is 7.16. The fourth-order valence-corrected chi connectivity index (χ4v) is 5.26. The molecule has 1 saturated heterocycles. The maximum absolute atomic E-state index is 12.9. The fraction of sp³-hybridized carbons (Fsp3) is 0.379. The van der Waals surface area contributed by atoms with Crippen LogP contribution in [0.15, 0.2) is 42.5 Å². The molecule has 2 aliphatic rings. The number of likely N-dealkylation sites (tertiary alicyclic amines) is 1. The van der Waals surface area contributed by atoms with Crippen molar-refractivity contribution in [1.82, 2.24) is 19.9 Å². The minimum absolute atomic E-state index is 0.108. The first-order valence-electron chi connectivity index (χ1n) is 12.7. The van der Waals surface area contributed by atoms with Gasteiger partial charge in [0.1, 0.15) is 0 Å². The molecule has 3 heterocycles. The molecule has 0 atom stereocenters. The number of benzene rings is 1. The summed E-state index contributed by atoms with van der Waals surface area (Å²) in [6, 6.07) is 12.7. The van der Waals surface area contributed by atoms with Crippen LogP contribution in [0.3, 0.4) is 0 Å². The van der Waals surface area contributed by atoms with Crippen LogP contribution in [0.4, 0.5) is 5.95 Å². The summed E-state index contributed by atoms with van der Waals surface area (Å²) in [6.45, 7) is 5.91. The number of aryl methyl sites for hydroxylation is 1. The molecule has 0 unspecified atom stereocenters. The van der Waals surface area contributed by atoms with Gasteiger partial charge in [0.2, 0.25) is 5.95 Å². The van der Waals surface area contributed by atoms with Crippen molar-refractivity contribution in [3.8, 4) is 11.4 Å². The van der Waals surface area contributed by atoms with Crippen LogP contribution in [0, 0.1) is 6.92 Å². The van der Waals surface area contributed by atoms with Crippen LogP contribution in [-0.2, 0) is 11.2 Å². The van der Waals surface area contributed by atoms with E-state index in [1.165, 1.54) is 18.4 Å². The van der Waals surface area contributed by atoms with Crippen molar-refractivity contribution in [3.63, 3.8) is 0 Å². The number of carbonyl (C=O) groups is 1. The van der Waals surface area contributed by atoms with Gasteiger partial charge >= 0.3 is 0 Å². The van der Waals surface area contributed by atoms with Crippen LogP contribution < -0.4 is 5.73 Å². The van der Waals surface area contributed by atoms with Crippen molar-refractivity contribution in [2.45, 2.75) is 38.5 Å². The molecule has 0 bridgehead atoms. The summed E-state index contributed by atoms with van der Waals surface area (Å²) in [5.74, 6) is 0.917. The first-order chi connectivity index (χ1) is 17.5. The molecule has 1 fully saturated rings. The van der Waals surface area contributed by atoms with Crippen LogP contribution in [0.25, 0.3) is 17.5 Å². The fourth-order valence-electron chi connectivity index (χ4n) is 5.26. The standard InChI is InChI=1S/C29H33N5O2/c1-19-16-24(33-29(30)31-19)25-18-23-4-3-5-27(35)28(23)26(32-25)17-20-6-8-21(9-7-20)22-10-12-34(13-11-22)14-15-36-2/h3-4,6-9,16,18,22H,5,10-15,17H2,1-2H3,(H2,30,31,33). The second-order valence-corrected chi connectivity index (χ2v) is 9.73. The Morgan fingerprint density at radius 1 is 1.06 bits per heavy atom. The Labute approximate surface area is 212 Å². The summed E-state index contributed by atoms with van der Waals surface area (Å²) in [5, 5.41) is 0. The third-order valence-electron chi connectivity index (χ3n) is 7.16. The summed E-state index contributed by atoms with van der Waals surface area (Å²) in [7, 11) is 1.76. The zero-order valence-electron chi connectivity index (χ0n) is 21.0. The van der Waals surface area contributed by atoms with Gasteiger partial charge in [0.05, 0.1) is 23.7 Å². The molecule has 3 aromatic rings. The van der Waals surface area contributed by atoms with E-state index < -0.39 is 0 Å². The Morgan fingerprint density at radius 2 is 1.81 bits per heavy atom. The van der Waals surface area contributed by atoms with Crippen molar-refractivity contribution in [1.29, 1.82) is 0 Å². The van der Waals surface area contributed by atoms with Crippen LogP contribution in [0.2, 0.25) is 0 Å². The summed E-state index contributed by atoms with van der Waals surface area (Å²) in [4.78, 5) is 28.8. The predicted molar refractivity (Wildman–Crippen MR) is 142 cm³/mol. The number of nitrogens with zero attached hydrogens (tertiary/aromatic N) is 4. The first kappa shape index (κ1) is 24.3. The van der Waals surface area contributed by atoms with Gasteiger partial charge in [0, 0.05) is 37.8 Å². The van der Waals surface area contributed by atoms with Crippen LogP contribution in [0.1, 0.15) is 63.6 Å². The lowest BCUT2D eigenvalue weighted by molar-refractivity contribution is 0.0993. The number of carbonyl (C=O) groups excluding carboxylic acids is 1. The number of allylic oxidation sites excluding steroid dienone is 1. The highest BCUT2D eigenvalue weighted by atomic mass is 16.5. The molecule has 0 saturated carbocycles. The topological polar surface area (TPSA) is 94.2 Å². The number of Topliss-reactive ketones (excluding diaryl/α,β-unsaturated/α-hetero) is 1. The Kier molecular flexibility index (Phi) is 7.20. The van der Waals surface area contributed by atoms with E-state index in [1.807, 2.05) is 31.2 Å². The number of nitrogens with two attached hydrogens (primary N) is 1. The predicted octanol–water partition coefficient (Wildman–Crippen LogP) is 4.45. The number of pyridine rings is 1. The van der Waals surface area contributed by atoms with Crippen molar-refractivity contribution >= 4 is 17.8 Å². The van der Waals surface area contributed by atoms with Gasteiger partial charge in [-0.1, -0.05) is 36.4 Å². The lowest BCUT2D eigenvalue weighted by atomic mass is 9.88. The molecule has 2 aromatic heterocycles. The van der Waals surface area contributed by atoms with E-state index in [-0.39, 0.29) is 11.7 Å². The molecule has 1 aromatic carbocycles. The maximum atomic E-state index is 12.9. The molecule has 0 radical (unpaired) electrons. The molecule has 2 N–H and O–H groups in total. The highest BCUT2D eigenvalue weighted by Crippen LogP contribution is 2.31. The molecule has 7 nitrogen and oxygen atoms in total. The molecular weight excluding hydrogens is 450 g/mol. The molecule has 0 amide bonds. The second kappa shape index (κ2) is 10.7. The number of rotatable bonds is 7. The zero-order chi connectivity index (χ0) is 25.1. The number of hydrogen-bond donors (Lipinski definition) is 1. The number of anilines is 1. The molecule has 36 heavy (non-hydrogen) atoms. The SMILES string of the molecule is COCCN1CCC(c2ccc(Cc3nc(-c4cc(C)nc(N)n4)cc4c3C(=O)CC=C4)cc2)CC1. The summed E-state index contributed by atoms with van der Waals surface area (Å²) < 4.78 is 5.22. The average molecular weight is 484 g/mol. The molecule has 186 valence electrons. The molecule has 7 heteroatoms. The molecule has 1 aliphatic heterocycles. The van der Waals surface area contributed by atoms with Crippen molar-refractivity contribution in [2.24, 2.45) is 0 Å². The normalized spacial score (nSPS) is 16.3. The monoisotopic (exact) mass is 483 g/mol. The van der Waals surface area contributed by atoms with E-state index >= 15 is 0 Å². The van der Waals surface area contributed by atoms with E-state index in [9.17, 15) is 4.79 Å². The second-order valence-electron chi connectivity index (χ2n) is 9.73. The van der Waals surface area contributed by atoms with Gasteiger partial charge in [-0.2, -0.15) is 0 Å². The number of ketones is 1. The minimum atomic E-state index is 0.108. The molecule has 0 spiro atoms. The number of hydrogen-bond acceptors (Lipinski definition) is 7. The molecule has 1 aliphatic carbocycles. The number of aromatic nitrogens is 3. The molecular formula is C29H33N5O2. The van der Waals surface area contributed by atoms with Gasteiger partial charge in [-0.15, -0.1) is 0 Å². The van der Waals surface area contributed by atoms with Crippen molar-refractivity contribution in [3.05, 3.63) is 76.1 Å². The highest BCUT2D eigenvalue weighted by Gasteiger charge is 2.23. The van der Waals surface area contributed by atoms with Crippen LogP contribution in [-0.4, -0.2) is 59.0 Å². The van der Waals surface area contributed by atoms with Gasteiger partial charge in [-0.25, -0.2) is 9.97 Å². The Bertz CT molecular complexity index is 1260. The summed E-state index contributed by atoms with van der Waals surface area (Å²) in [5.41, 5.74) is 13.0. The van der Waals surface area contributed by atoms with Gasteiger partial charge in [0.25, 0.3) is 0 Å². The lowest BCUT2D eigenvalue weighted by Gasteiger charge is -2.32. The average Bonchev–Trinajstić information content (AvgIpc) is 2.87. The van der Waals surface area contributed by atoms with Gasteiger partial charge in [-0.3, -0.25) is 9.78 Å². The van der Waals surface area contributed by atoms with E-state index in [0.717, 1.165) is 48.8 Å². The maximum Gasteiger partial charge on any atom is 0.220 e. The number of ether oxygens (including phenoxy) is 1. The number of nitrogen functional groups attached to an aromatic ring is 1. The van der Waals surface area contributed by atoms with Crippen LogP contribution in [0.5, 0.6) is 0 Å². The third kappa shape index (κ3) is 5.37. The van der Waals surface area contributed by atoms with E-state index in [4.69, 9.17) is 15.5 Å². The Balaban J connectivity index is 1.38. The largest absolute Gasteiger partial charge is 0.383 e.